The monoisotopic (exact) mass is 272 g/mol. The molecule has 102 valence electrons. The van der Waals surface area contributed by atoms with Gasteiger partial charge in [0.2, 0.25) is 5.91 Å². The fraction of sp³-hybridized carbons (Fsp3) is 0.133. The zero-order valence-corrected chi connectivity index (χ0v) is 10.6. The average Bonchev–Trinajstić information content (AvgIpc) is 2.87. The van der Waals surface area contributed by atoms with Gasteiger partial charge in [-0.1, -0.05) is 18.2 Å². The number of carbonyl (C=O) groups is 1. The first-order valence-electron chi connectivity index (χ1n) is 6.23. The van der Waals surface area contributed by atoms with Crippen molar-refractivity contribution in [2.75, 3.05) is 17.7 Å². The highest BCUT2D eigenvalue weighted by Gasteiger charge is 2.30. The minimum Gasteiger partial charge on any atom is -0.492 e. The number of anilines is 2. The van der Waals surface area contributed by atoms with Gasteiger partial charge in [0.1, 0.15) is 24.1 Å². The van der Waals surface area contributed by atoms with E-state index in [1.165, 1.54) is 18.2 Å². The molecular formula is C15H13FN2O2. The third kappa shape index (κ3) is 2.18. The maximum atomic E-state index is 13.2. The number of nitrogens with two attached hydrogens (primary N) is 1. The molecule has 3 N–H and O–H groups in total. The number of nitrogen functional groups attached to an aromatic ring is 1. The number of rotatable bonds is 2. The van der Waals surface area contributed by atoms with Gasteiger partial charge in [0, 0.05) is 5.56 Å². The van der Waals surface area contributed by atoms with E-state index in [0.29, 0.717) is 11.4 Å². The van der Waals surface area contributed by atoms with Crippen LogP contribution in [0.25, 0.3) is 0 Å². The van der Waals surface area contributed by atoms with Crippen molar-refractivity contribution in [3.63, 3.8) is 0 Å². The molecule has 3 rings (SSSR count). The predicted molar refractivity (Wildman–Crippen MR) is 74.1 cm³/mol. The summed E-state index contributed by atoms with van der Waals surface area (Å²) in [5.74, 6) is -0.404. The Hall–Kier alpha value is -2.56. The third-order valence-electron chi connectivity index (χ3n) is 3.29. The Kier molecular flexibility index (Phi) is 3.02. The smallest absolute Gasteiger partial charge is 0.235 e. The van der Waals surface area contributed by atoms with Crippen molar-refractivity contribution in [3.05, 3.63) is 53.8 Å². The van der Waals surface area contributed by atoms with Crippen molar-refractivity contribution in [2.24, 2.45) is 0 Å². The lowest BCUT2D eigenvalue weighted by molar-refractivity contribution is -0.117. The van der Waals surface area contributed by atoms with Crippen LogP contribution in [-0.2, 0) is 4.79 Å². The van der Waals surface area contributed by atoms with Crippen molar-refractivity contribution in [3.8, 4) is 5.75 Å². The van der Waals surface area contributed by atoms with Crippen molar-refractivity contribution >= 4 is 17.3 Å². The Bertz CT molecular complexity index is 673. The quantitative estimate of drug-likeness (QED) is 0.826. The van der Waals surface area contributed by atoms with Gasteiger partial charge in [0.05, 0.1) is 11.4 Å². The minimum absolute atomic E-state index is 0.257. The first-order chi connectivity index (χ1) is 9.65. The molecule has 1 aliphatic heterocycles. The van der Waals surface area contributed by atoms with E-state index in [4.69, 9.17) is 10.5 Å². The molecule has 4 nitrogen and oxygen atoms in total. The van der Waals surface area contributed by atoms with Gasteiger partial charge in [-0.2, -0.15) is 0 Å². The molecule has 1 heterocycles. The largest absolute Gasteiger partial charge is 0.492 e. The Morgan fingerprint density at radius 1 is 1.30 bits per heavy atom. The highest BCUT2D eigenvalue weighted by molar-refractivity contribution is 5.99. The molecule has 0 fully saturated rings. The van der Waals surface area contributed by atoms with Gasteiger partial charge in [0.25, 0.3) is 0 Å². The summed E-state index contributed by atoms with van der Waals surface area (Å²) >= 11 is 0. The SMILES string of the molecule is Nc1ccc(F)cc1NC(=O)C1COc2ccccc21. The van der Waals surface area contributed by atoms with Crippen LogP contribution in [0.4, 0.5) is 15.8 Å². The zero-order valence-electron chi connectivity index (χ0n) is 10.6. The van der Waals surface area contributed by atoms with Crippen molar-refractivity contribution in [1.29, 1.82) is 0 Å². The molecule has 1 unspecified atom stereocenters. The van der Waals surface area contributed by atoms with Gasteiger partial charge in [-0.3, -0.25) is 4.79 Å². The topological polar surface area (TPSA) is 64.3 Å². The second-order valence-corrected chi connectivity index (χ2v) is 4.62. The van der Waals surface area contributed by atoms with Crippen LogP contribution >= 0.6 is 0 Å². The van der Waals surface area contributed by atoms with Crippen LogP contribution < -0.4 is 15.8 Å². The van der Waals surface area contributed by atoms with Crippen LogP contribution in [0.5, 0.6) is 5.75 Å². The number of benzene rings is 2. The molecule has 0 aromatic heterocycles. The van der Waals surface area contributed by atoms with Crippen molar-refractivity contribution < 1.29 is 13.9 Å². The number of halogens is 1. The number of nitrogens with one attached hydrogen (secondary N) is 1. The molecule has 2 aromatic rings. The summed E-state index contributed by atoms with van der Waals surface area (Å²) in [5, 5.41) is 2.65. The van der Waals surface area contributed by atoms with E-state index in [9.17, 15) is 9.18 Å². The zero-order chi connectivity index (χ0) is 14.1. The molecule has 1 amide bonds. The van der Waals surface area contributed by atoms with Crippen molar-refractivity contribution in [2.45, 2.75) is 5.92 Å². The highest BCUT2D eigenvalue weighted by Crippen LogP contribution is 2.34. The number of para-hydroxylation sites is 1. The number of ether oxygens (including phenoxy) is 1. The Morgan fingerprint density at radius 3 is 2.95 bits per heavy atom. The lowest BCUT2D eigenvalue weighted by atomic mass is 10.0. The van der Waals surface area contributed by atoms with E-state index in [2.05, 4.69) is 5.32 Å². The number of amides is 1. The molecule has 1 atom stereocenters. The number of hydrogen-bond donors (Lipinski definition) is 2. The van der Waals surface area contributed by atoms with Gasteiger partial charge in [-0.15, -0.1) is 0 Å². The van der Waals surface area contributed by atoms with Crippen molar-refractivity contribution in [1.82, 2.24) is 0 Å². The average molecular weight is 272 g/mol. The van der Waals surface area contributed by atoms with Crippen LogP contribution in [0.2, 0.25) is 0 Å². The predicted octanol–water partition coefficient (Wildman–Crippen LogP) is 2.52. The normalized spacial score (nSPS) is 16.4. The number of carbonyl (C=O) groups excluding carboxylic acids is 1. The summed E-state index contributed by atoms with van der Waals surface area (Å²) in [5.41, 5.74) is 7.15. The molecule has 20 heavy (non-hydrogen) atoms. The minimum atomic E-state index is -0.447. The first kappa shape index (κ1) is 12.5. The summed E-state index contributed by atoms with van der Waals surface area (Å²) in [6.45, 7) is 0.278. The first-order valence-corrected chi connectivity index (χ1v) is 6.23. The van der Waals surface area contributed by atoms with Crippen LogP contribution in [0.15, 0.2) is 42.5 Å². The lowest BCUT2D eigenvalue weighted by Crippen LogP contribution is -2.22. The van der Waals surface area contributed by atoms with E-state index >= 15 is 0 Å². The fourth-order valence-corrected chi connectivity index (χ4v) is 2.24. The summed E-state index contributed by atoms with van der Waals surface area (Å²) in [6.07, 6.45) is 0. The summed E-state index contributed by atoms with van der Waals surface area (Å²) in [6, 6.07) is 11.2. The Labute approximate surface area is 115 Å². The number of hydrogen-bond acceptors (Lipinski definition) is 3. The van der Waals surface area contributed by atoms with Gasteiger partial charge >= 0.3 is 0 Å². The standard InChI is InChI=1S/C15H13FN2O2/c16-9-5-6-12(17)13(7-9)18-15(19)11-8-20-14-4-2-1-3-10(11)14/h1-7,11H,8,17H2,(H,18,19). The van der Waals surface area contributed by atoms with Crippen LogP contribution in [0.3, 0.4) is 0 Å². The molecule has 5 heteroatoms. The summed E-state index contributed by atoms with van der Waals surface area (Å²) < 4.78 is 18.6. The van der Waals surface area contributed by atoms with Gasteiger partial charge in [-0.25, -0.2) is 4.39 Å². The maximum absolute atomic E-state index is 13.2. The molecule has 0 radical (unpaired) electrons. The molecule has 0 bridgehead atoms. The molecular weight excluding hydrogens is 259 g/mol. The third-order valence-corrected chi connectivity index (χ3v) is 3.29. The molecule has 2 aromatic carbocycles. The maximum Gasteiger partial charge on any atom is 0.235 e. The number of fused-ring (bicyclic) bond motifs is 1. The summed E-state index contributed by atoms with van der Waals surface area (Å²) in [4.78, 5) is 12.3. The van der Waals surface area contributed by atoms with E-state index < -0.39 is 11.7 Å². The van der Waals surface area contributed by atoms with Gasteiger partial charge in [-0.05, 0) is 24.3 Å². The fourth-order valence-electron chi connectivity index (χ4n) is 2.24. The van der Waals surface area contributed by atoms with E-state index in [1.807, 2.05) is 24.3 Å². The second-order valence-electron chi connectivity index (χ2n) is 4.62. The van der Waals surface area contributed by atoms with E-state index in [-0.39, 0.29) is 18.2 Å². The van der Waals surface area contributed by atoms with E-state index in [1.54, 1.807) is 0 Å². The van der Waals surface area contributed by atoms with Crippen LogP contribution in [0, 0.1) is 5.82 Å². The van der Waals surface area contributed by atoms with Gasteiger partial charge < -0.3 is 15.8 Å². The highest BCUT2D eigenvalue weighted by atomic mass is 19.1. The van der Waals surface area contributed by atoms with Gasteiger partial charge in [0.15, 0.2) is 0 Å². The Balaban J connectivity index is 1.83. The molecule has 0 aliphatic carbocycles. The molecule has 0 spiro atoms. The van der Waals surface area contributed by atoms with E-state index in [0.717, 1.165) is 5.56 Å². The Morgan fingerprint density at radius 2 is 2.10 bits per heavy atom. The molecule has 0 saturated heterocycles. The summed E-state index contributed by atoms with van der Waals surface area (Å²) in [7, 11) is 0. The van der Waals surface area contributed by atoms with Crippen LogP contribution in [-0.4, -0.2) is 12.5 Å². The lowest BCUT2D eigenvalue weighted by Gasteiger charge is -2.12. The molecule has 0 saturated carbocycles. The molecule has 1 aliphatic rings. The van der Waals surface area contributed by atoms with Crippen LogP contribution in [0.1, 0.15) is 11.5 Å². The second kappa shape index (κ2) is 4.85.